The summed E-state index contributed by atoms with van der Waals surface area (Å²) in [6.45, 7) is 4.26. The number of carbonyl (C=O) groups excluding carboxylic acids is 1. The van der Waals surface area contributed by atoms with Crippen LogP contribution in [0.4, 0.5) is 0 Å². The Kier molecular flexibility index (Phi) is 4.56. The number of amides is 1. The SMILES string of the molecule is CN1CCO[C@@H](CNC(=O)C23CCCN2CCC3)[C@@H]1c1ccnn1C. The molecule has 7 nitrogen and oxygen atoms in total. The van der Waals surface area contributed by atoms with Gasteiger partial charge in [0.1, 0.15) is 5.54 Å². The number of nitrogens with one attached hydrogen (secondary N) is 1. The molecule has 7 heteroatoms. The fourth-order valence-corrected chi connectivity index (χ4v) is 4.96. The highest BCUT2D eigenvalue weighted by molar-refractivity contribution is 5.87. The van der Waals surface area contributed by atoms with Crippen LogP contribution in [0.1, 0.15) is 37.4 Å². The zero-order valence-electron chi connectivity index (χ0n) is 15.3. The van der Waals surface area contributed by atoms with Gasteiger partial charge in [-0.05, 0) is 51.9 Å². The summed E-state index contributed by atoms with van der Waals surface area (Å²) >= 11 is 0. The van der Waals surface area contributed by atoms with E-state index in [-0.39, 0.29) is 23.6 Å². The summed E-state index contributed by atoms with van der Waals surface area (Å²) in [4.78, 5) is 17.7. The molecule has 1 N–H and O–H groups in total. The van der Waals surface area contributed by atoms with Crippen molar-refractivity contribution in [2.45, 2.75) is 43.4 Å². The van der Waals surface area contributed by atoms with Crippen LogP contribution in [0, 0.1) is 0 Å². The van der Waals surface area contributed by atoms with Crippen molar-refractivity contribution < 1.29 is 9.53 Å². The molecular formula is C18H29N5O2. The molecule has 2 atom stereocenters. The Morgan fingerprint density at radius 1 is 1.32 bits per heavy atom. The number of rotatable bonds is 4. The first-order valence-corrected chi connectivity index (χ1v) is 9.45. The predicted molar refractivity (Wildman–Crippen MR) is 94.1 cm³/mol. The van der Waals surface area contributed by atoms with Crippen LogP contribution in [0.3, 0.4) is 0 Å². The Morgan fingerprint density at radius 2 is 2.08 bits per heavy atom. The minimum atomic E-state index is -0.247. The van der Waals surface area contributed by atoms with E-state index in [1.807, 2.05) is 24.0 Å². The highest BCUT2D eigenvalue weighted by Gasteiger charge is 2.50. The third kappa shape index (κ3) is 2.88. The summed E-state index contributed by atoms with van der Waals surface area (Å²) in [7, 11) is 4.07. The lowest BCUT2D eigenvalue weighted by Gasteiger charge is -2.39. The molecule has 1 aromatic rings. The van der Waals surface area contributed by atoms with E-state index < -0.39 is 0 Å². The van der Waals surface area contributed by atoms with Gasteiger partial charge < -0.3 is 10.1 Å². The third-order valence-electron chi connectivity index (χ3n) is 6.29. The number of carbonyl (C=O) groups is 1. The Bertz CT molecular complexity index is 621. The van der Waals surface area contributed by atoms with Crippen molar-refractivity contribution in [3.05, 3.63) is 18.0 Å². The first-order chi connectivity index (χ1) is 12.1. The largest absolute Gasteiger partial charge is 0.373 e. The second-order valence-electron chi connectivity index (χ2n) is 7.65. The van der Waals surface area contributed by atoms with Crippen LogP contribution in [0.2, 0.25) is 0 Å². The summed E-state index contributed by atoms with van der Waals surface area (Å²) in [5.41, 5.74) is 0.880. The van der Waals surface area contributed by atoms with Gasteiger partial charge in [0.15, 0.2) is 0 Å². The summed E-state index contributed by atoms with van der Waals surface area (Å²) in [5.74, 6) is 0.197. The average Bonchev–Trinajstić information content (AvgIpc) is 3.28. The number of ether oxygens (including phenoxy) is 1. The molecule has 1 amide bonds. The number of fused-ring (bicyclic) bond motifs is 1. The van der Waals surface area contributed by atoms with E-state index in [1.54, 1.807) is 0 Å². The highest BCUT2D eigenvalue weighted by Crippen LogP contribution is 2.39. The van der Waals surface area contributed by atoms with Crippen molar-refractivity contribution in [1.29, 1.82) is 0 Å². The van der Waals surface area contributed by atoms with E-state index in [2.05, 4.69) is 27.3 Å². The van der Waals surface area contributed by atoms with Crippen LogP contribution in [0.5, 0.6) is 0 Å². The van der Waals surface area contributed by atoms with E-state index in [1.165, 1.54) is 0 Å². The molecule has 0 unspecified atom stereocenters. The Balaban J connectivity index is 1.45. The van der Waals surface area contributed by atoms with Crippen LogP contribution in [0.15, 0.2) is 12.3 Å². The third-order valence-corrected chi connectivity index (χ3v) is 6.29. The maximum atomic E-state index is 13.0. The summed E-state index contributed by atoms with van der Waals surface area (Å²) in [6, 6.07) is 2.15. The van der Waals surface area contributed by atoms with Crippen molar-refractivity contribution in [1.82, 2.24) is 24.9 Å². The summed E-state index contributed by atoms with van der Waals surface area (Å²) in [6.07, 6.45) is 6.03. The average molecular weight is 347 g/mol. The van der Waals surface area contributed by atoms with E-state index in [0.717, 1.165) is 51.0 Å². The van der Waals surface area contributed by atoms with E-state index in [9.17, 15) is 4.79 Å². The molecule has 0 aliphatic carbocycles. The molecule has 3 aliphatic rings. The maximum Gasteiger partial charge on any atom is 0.240 e. The lowest BCUT2D eigenvalue weighted by atomic mass is 9.92. The molecule has 0 spiro atoms. The quantitative estimate of drug-likeness (QED) is 0.861. The smallest absolute Gasteiger partial charge is 0.240 e. The van der Waals surface area contributed by atoms with Crippen LogP contribution >= 0.6 is 0 Å². The molecule has 1 aromatic heterocycles. The zero-order chi connectivity index (χ0) is 17.4. The van der Waals surface area contributed by atoms with Gasteiger partial charge in [-0.15, -0.1) is 0 Å². The molecule has 0 bridgehead atoms. The van der Waals surface area contributed by atoms with E-state index >= 15 is 0 Å². The van der Waals surface area contributed by atoms with Crippen LogP contribution in [0.25, 0.3) is 0 Å². The van der Waals surface area contributed by atoms with Crippen molar-refractivity contribution in [3.8, 4) is 0 Å². The lowest BCUT2D eigenvalue weighted by Crippen LogP contribution is -2.55. The molecule has 3 aliphatic heterocycles. The number of aromatic nitrogens is 2. The van der Waals surface area contributed by atoms with Crippen LogP contribution in [-0.4, -0.2) is 77.0 Å². The highest BCUT2D eigenvalue weighted by atomic mass is 16.5. The number of morpholine rings is 1. The number of aryl methyl sites for hydroxylation is 1. The van der Waals surface area contributed by atoms with Gasteiger partial charge in [-0.1, -0.05) is 0 Å². The minimum Gasteiger partial charge on any atom is -0.373 e. The van der Waals surface area contributed by atoms with Gasteiger partial charge in [-0.2, -0.15) is 5.10 Å². The molecule has 3 fully saturated rings. The molecule has 0 radical (unpaired) electrons. The molecular weight excluding hydrogens is 318 g/mol. The zero-order valence-corrected chi connectivity index (χ0v) is 15.3. The Labute approximate surface area is 149 Å². The van der Waals surface area contributed by atoms with E-state index in [0.29, 0.717) is 13.2 Å². The van der Waals surface area contributed by atoms with Crippen molar-refractivity contribution >= 4 is 5.91 Å². The first kappa shape index (κ1) is 17.0. The molecule has 4 heterocycles. The van der Waals surface area contributed by atoms with Gasteiger partial charge in [0.2, 0.25) is 5.91 Å². The van der Waals surface area contributed by atoms with Gasteiger partial charge >= 0.3 is 0 Å². The first-order valence-electron chi connectivity index (χ1n) is 9.45. The van der Waals surface area contributed by atoms with Gasteiger partial charge in [0.25, 0.3) is 0 Å². The maximum absolute atomic E-state index is 13.0. The number of likely N-dealkylation sites (N-methyl/N-ethyl adjacent to an activating group) is 1. The Hall–Kier alpha value is -1.44. The van der Waals surface area contributed by atoms with Crippen LogP contribution < -0.4 is 5.32 Å². The Morgan fingerprint density at radius 3 is 2.76 bits per heavy atom. The standard InChI is InChI=1S/C18H29N5O2/c1-21-11-12-25-15(16(21)14-5-8-20-22(14)2)13-19-17(24)18-6-3-9-23(18)10-4-7-18/h5,8,15-16H,3-4,6-7,9-13H2,1-2H3,(H,19,24)/t15-,16-/m0/s1. The fraction of sp³-hybridized carbons (Fsp3) is 0.778. The van der Waals surface area contributed by atoms with Crippen molar-refractivity contribution in [2.24, 2.45) is 7.05 Å². The second-order valence-corrected chi connectivity index (χ2v) is 7.65. The fourth-order valence-electron chi connectivity index (χ4n) is 4.96. The van der Waals surface area contributed by atoms with Crippen molar-refractivity contribution in [3.63, 3.8) is 0 Å². The molecule has 4 rings (SSSR count). The van der Waals surface area contributed by atoms with Gasteiger partial charge in [0, 0.05) is 26.3 Å². The molecule has 138 valence electrons. The number of hydrogen-bond acceptors (Lipinski definition) is 5. The topological polar surface area (TPSA) is 62.6 Å². The summed E-state index contributed by atoms with van der Waals surface area (Å²) < 4.78 is 7.95. The number of hydrogen-bond donors (Lipinski definition) is 1. The van der Waals surface area contributed by atoms with Crippen LogP contribution in [-0.2, 0) is 16.6 Å². The molecule has 25 heavy (non-hydrogen) atoms. The lowest BCUT2D eigenvalue weighted by molar-refractivity contribution is -0.132. The van der Waals surface area contributed by atoms with E-state index in [4.69, 9.17) is 4.74 Å². The van der Waals surface area contributed by atoms with Gasteiger partial charge in [-0.3, -0.25) is 19.3 Å². The van der Waals surface area contributed by atoms with Gasteiger partial charge in [0.05, 0.1) is 24.4 Å². The predicted octanol–water partition coefficient (Wildman–Crippen LogP) is 0.536. The monoisotopic (exact) mass is 347 g/mol. The molecule has 3 saturated heterocycles. The normalized spacial score (nSPS) is 29.7. The minimum absolute atomic E-state index is 0.0502. The van der Waals surface area contributed by atoms with Gasteiger partial charge in [-0.25, -0.2) is 0 Å². The molecule has 0 saturated carbocycles. The van der Waals surface area contributed by atoms with Crippen molar-refractivity contribution in [2.75, 3.05) is 39.8 Å². The summed E-state index contributed by atoms with van der Waals surface area (Å²) in [5, 5.41) is 7.53. The number of nitrogens with zero attached hydrogens (tertiary/aromatic N) is 4. The molecule has 0 aromatic carbocycles. The second kappa shape index (κ2) is 6.70.